The highest BCUT2D eigenvalue weighted by Gasteiger charge is 2.32. The third-order valence-electron chi connectivity index (χ3n) is 8.03. The van der Waals surface area contributed by atoms with Crippen molar-refractivity contribution in [3.8, 4) is 0 Å². The zero-order valence-electron chi connectivity index (χ0n) is 25.0. The van der Waals surface area contributed by atoms with Crippen molar-refractivity contribution in [1.82, 2.24) is 10.2 Å². The summed E-state index contributed by atoms with van der Waals surface area (Å²) in [7, 11) is -3.59. The van der Waals surface area contributed by atoms with Crippen LogP contribution in [0, 0.1) is 12.7 Å². The summed E-state index contributed by atoms with van der Waals surface area (Å²) in [4.78, 5) is 29.5. The van der Waals surface area contributed by atoms with E-state index in [-0.39, 0.29) is 49.6 Å². The van der Waals surface area contributed by atoms with Crippen LogP contribution in [0.25, 0.3) is 0 Å². The maximum Gasteiger partial charge on any atom is 0.243 e. The second kappa shape index (κ2) is 15.1. The van der Waals surface area contributed by atoms with Crippen LogP contribution in [0.5, 0.6) is 0 Å². The van der Waals surface area contributed by atoms with E-state index in [1.807, 2.05) is 49.4 Å². The van der Waals surface area contributed by atoms with E-state index < -0.39 is 16.1 Å². The lowest BCUT2D eigenvalue weighted by Gasteiger charge is -2.34. The Kier molecular flexibility index (Phi) is 11.3. The van der Waals surface area contributed by atoms with Crippen LogP contribution in [0.1, 0.15) is 61.6 Å². The molecule has 2 amide bonds. The van der Waals surface area contributed by atoms with E-state index in [0.717, 1.165) is 49.5 Å². The van der Waals surface area contributed by atoms with Gasteiger partial charge in [-0.25, -0.2) is 12.8 Å². The summed E-state index contributed by atoms with van der Waals surface area (Å²) >= 11 is 0. The SMILES string of the molecule is Cc1ccccc1N(CCCC(=O)N(Cc1ccc(F)cc1)C(Cc1ccccc1)C(=O)NC1CCCCC1)S(C)(=O)=O. The first-order valence-corrected chi connectivity index (χ1v) is 16.9. The van der Waals surface area contributed by atoms with Gasteiger partial charge in [-0.3, -0.25) is 13.9 Å². The summed E-state index contributed by atoms with van der Waals surface area (Å²) in [5.41, 5.74) is 3.02. The number of benzene rings is 3. The van der Waals surface area contributed by atoms with Crippen molar-refractivity contribution in [3.63, 3.8) is 0 Å². The predicted octanol–water partition coefficient (Wildman–Crippen LogP) is 5.77. The van der Waals surface area contributed by atoms with Crippen LogP contribution in [-0.4, -0.2) is 50.0 Å². The maximum absolute atomic E-state index is 14.0. The summed E-state index contributed by atoms with van der Waals surface area (Å²) in [6.07, 6.45) is 6.89. The van der Waals surface area contributed by atoms with Crippen molar-refractivity contribution in [2.75, 3.05) is 17.1 Å². The van der Waals surface area contributed by atoms with Gasteiger partial charge >= 0.3 is 0 Å². The number of para-hydroxylation sites is 1. The fourth-order valence-electron chi connectivity index (χ4n) is 5.71. The van der Waals surface area contributed by atoms with Crippen LogP contribution < -0.4 is 9.62 Å². The Hall–Kier alpha value is -3.72. The molecule has 1 aliphatic rings. The Bertz CT molecular complexity index is 1460. The molecule has 9 heteroatoms. The molecule has 230 valence electrons. The minimum Gasteiger partial charge on any atom is -0.352 e. The van der Waals surface area contributed by atoms with E-state index in [1.165, 1.54) is 16.4 Å². The van der Waals surface area contributed by atoms with Crippen LogP contribution in [-0.2, 0) is 32.6 Å². The molecule has 7 nitrogen and oxygen atoms in total. The zero-order valence-corrected chi connectivity index (χ0v) is 25.9. The number of amides is 2. The molecule has 1 unspecified atom stereocenters. The van der Waals surface area contributed by atoms with Crippen molar-refractivity contribution >= 4 is 27.5 Å². The number of sulfonamides is 1. The van der Waals surface area contributed by atoms with E-state index >= 15 is 0 Å². The first-order valence-electron chi connectivity index (χ1n) is 15.0. The van der Waals surface area contributed by atoms with Crippen molar-refractivity contribution in [2.45, 2.75) is 76.9 Å². The summed E-state index contributed by atoms with van der Waals surface area (Å²) in [6.45, 7) is 2.10. The van der Waals surface area contributed by atoms with Crippen molar-refractivity contribution in [2.24, 2.45) is 0 Å². The van der Waals surface area contributed by atoms with Gasteiger partial charge in [0.25, 0.3) is 0 Å². The molecule has 0 radical (unpaired) electrons. The van der Waals surface area contributed by atoms with E-state index in [2.05, 4.69) is 5.32 Å². The lowest BCUT2D eigenvalue weighted by Crippen LogP contribution is -2.52. The van der Waals surface area contributed by atoms with Crippen molar-refractivity contribution in [1.29, 1.82) is 0 Å². The number of rotatable bonds is 13. The first-order chi connectivity index (χ1) is 20.6. The van der Waals surface area contributed by atoms with Crippen molar-refractivity contribution in [3.05, 3.63) is 101 Å². The maximum atomic E-state index is 14.0. The Morgan fingerprint density at radius 2 is 1.56 bits per heavy atom. The van der Waals surface area contributed by atoms with E-state index in [9.17, 15) is 22.4 Å². The van der Waals surface area contributed by atoms with Crippen LogP contribution in [0.15, 0.2) is 78.9 Å². The number of halogens is 1. The fourth-order valence-corrected chi connectivity index (χ4v) is 6.73. The largest absolute Gasteiger partial charge is 0.352 e. The fraction of sp³-hybridized carbons (Fsp3) is 0.412. The highest BCUT2D eigenvalue weighted by molar-refractivity contribution is 7.92. The predicted molar refractivity (Wildman–Crippen MR) is 169 cm³/mol. The molecule has 3 aromatic rings. The quantitative estimate of drug-likeness (QED) is 0.267. The first kappa shape index (κ1) is 32.2. The smallest absolute Gasteiger partial charge is 0.243 e. The number of hydrogen-bond donors (Lipinski definition) is 1. The van der Waals surface area contributed by atoms with Gasteiger partial charge in [0.15, 0.2) is 0 Å². The van der Waals surface area contributed by atoms with Crippen LogP contribution in [0.3, 0.4) is 0 Å². The lowest BCUT2D eigenvalue weighted by molar-refractivity contribution is -0.141. The lowest BCUT2D eigenvalue weighted by atomic mass is 9.94. The molecule has 0 aliphatic heterocycles. The summed E-state index contributed by atoms with van der Waals surface area (Å²) in [5, 5.41) is 3.21. The van der Waals surface area contributed by atoms with Crippen LogP contribution in [0.2, 0.25) is 0 Å². The Morgan fingerprint density at radius 1 is 0.907 bits per heavy atom. The van der Waals surface area contributed by atoms with E-state index in [1.54, 1.807) is 29.2 Å². The number of nitrogens with one attached hydrogen (secondary N) is 1. The second-order valence-electron chi connectivity index (χ2n) is 11.4. The molecular weight excluding hydrogens is 565 g/mol. The monoisotopic (exact) mass is 607 g/mol. The second-order valence-corrected chi connectivity index (χ2v) is 13.3. The Balaban J connectivity index is 1.59. The Labute approximate surface area is 255 Å². The van der Waals surface area contributed by atoms with Gasteiger partial charge in [0, 0.05) is 32.0 Å². The number of hydrogen-bond acceptors (Lipinski definition) is 4. The normalized spacial score (nSPS) is 14.6. The number of aryl methyl sites for hydroxylation is 1. The zero-order chi connectivity index (χ0) is 30.8. The molecule has 43 heavy (non-hydrogen) atoms. The molecule has 0 spiro atoms. The number of nitrogens with zero attached hydrogens (tertiary/aromatic N) is 2. The summed E-state index contributed by atoms with van der Waals surface area (Å²) in [6, 6.07) is 22.1. The molecule has 0 aromatic heterocycles. The van der Waals surface area contributed by atoms with Gasteiger partial charge in [0.2, 0.25) is 21.8 Å². The number of carbonyl (C=O) groups is 2. The molecule has 0 bridgehead atoms. The van der Waals surface area contributed by atoms with Gasteiger partial charge < -0.3 is 10.2 Å². The van der Waals surface area contributed by atoms with Crippen molar-refractivity contribution < 1.29 is 22.4 Å². The van der Waals surface area contributed by atoms with E-state index in [0.29, 0.717) is 17.7 Å². The number of carbonyl (C=O) groups excluding carboxylic acids is 2. The molecule has 1 atom stereocenters. The average molecular weight is 608 g/mol. The molecule has 1 saturated carbocycles. The van der Waals surface area contributed by atoms with Gasteiger partial charge in [-0.2, -0.15) is 0 Å². The highest BCUT2D eigenvalue weighted by Crippen LogP contribution is 2.24. The molecule has 0 saturated heterocycles. The van der Waals surface area contributed by atoms with Crippen LogP contribution in [0.4, 0.5) is 10.1 Å². The highest BCUT2D eigenvalue weighted by atomic mass is 32.2. The molecule has 1 N–H and O–H groups in total. The third kappa shape index (κ3) is 9.38. The molecule has 1 aliphatic carbocycles. The minimum atomic E-state index is -3.59. The molecular formula is C34H42FN3O4S. The van der Waals surface area contributed by atoms with Gasteiger partial charge in [0.1, 0.15) is 11.9 Å². The molecule has 1 fully saturated rings. The molecule has 0 heterocycles. The minimum absolute atomic E-state index is 0.0428. The molecule has 4 rings (SSSR count). The summed E-state index contributed by atoms with van der Waals surface area (Å²) in [5.74, 6) is -0.847. The average Bonchev–Trinajstić information content (AvgIpc) is 2.99. The van der Waals surface area contributed by atoms with Gasteiger partial charge in [-0.05, 0) is 61.1 Å². The topological polar surface area (TPSA) is 86.8 Å². The van der Waals surface area contributed by atoms with Crippen LogP contribution >= 0.6 is 0 Å². The third-order valence-corrected chi connectivity index (χ3v) is 9.21. The standard InChI is InChI=1S/C34H42FN3O4S/c1-26-12-9-10-17-31(26)38(43(2,41)42)23-11-18-33(39)37(25-28-19-21-29(35)22-20-28)32(24-27-13-5-3-6-14-27)34(40)36-30-15-7-4-8-16-30/h3,5-6,9-10,12-14,17,19-22,30,32H,4,7-8,11,15-16,18,23-25H2,1-2H3,(H,36,40). The van der Waals surface area contributed by atoms with Gasteiger partial charge in [0.05, 0.1) is 11.9 Å². The van der Waals surface area contributed by atoms with Gasteiger partial charge in [-0.1, -0.05) is 79.9 Å². The number of anilines is 1. The Morgan fingerprint density at radius 3 is 2.21 bits per heavy atom. The van der Waals surface area contributed by atoms with Gasteiger partial charge in [-0.15, -0.1) is 0 Å². The van der Waals surface area contributed by atoms with E-state index in [4.69, 9.17) is 0 Å². The molecule has 3 aromatic carbocycles. The summed E-state index contributed by atoms with van der Waals surface area (Å²) < 4.78 is 40.5.